The maximum Gasteiger partial charge on any atom is 0.345 e. The lowest BCUT2D eigenvalue weighted by molar-refractivity contribution is 0.181. The molecule has 0 radical (unpaired) electrons. The van der Waals surface area contributed by atoms with Gasteiger partial charge in [0.15, 0.2) is 0 Å². The Kier molecular flexibility index (Phi) is 6.68. The Hall–Kier alpha value is -1.70. The molecular weight excluding hydrogens is 371 g/mol. The molecule has 0 unspecified atom stereocenters. The first-order valence-electron chi connectivity index (χ1n) is 9.36. The molecule has 1 aliphatic heterocycles. The molecule has 0 amide bonds. The number of rotatable bonds is 7. The summed E-state index contributed by atoms with van der Waals surface area (Å²) in [5, 5.41) is 5.03. The van der Waals surface area contributed by atoms with Crippen LogP contribution in [0.2, 0.25) is 5.02 Å². The number of hydrogen-bond donors (Lipinski definition) is 0. The van der Waals surface area contributed by atoms with E-state index in [4.69, 9.17) is 16.3 Å². The van der Waals surface area contributed by atoms with Crippen LogP contribution in [-0.4, -0.2) is 46.1 Å². The van der Waals surface area contributed by atoms with Crippen LogP contribution in [0.25, 0.3) is 0 Å². The minimum absolute atomic E-state index is 0.0786. The molecule has 1 saturated heterocycles. The van der Waals surface area contributed by atoms with Crippen LogP contribution in [-0.2, 0) is 24.4 Å². The summed E-state index contributed by atoms with van der Waals surface area (Å²) >= 11 is 6.15. The number of likely N-dealkylation sites (tertiary alicyclic amines) is 1. The third-order valence-corrected chi connectivity index (χ3v) is 5.53. The van der Waals surface area contributed by atoms with Crippen LogP contribution in [0.1, 0.15) is 37.1 Å². The Morgan fingerprint density at radius 2 is 2.07 bits per heavy atom. The lowest BCUT2D eigenvalue weighted by atomic mass is 9.95. The molecular formula is C19H26ClFN4O2. The highest BCUT2D eigenvalue weighted by Crippen LogP contribution is 2.28. The van der Waals surface area contributed by atoms with Gasteiger partial charge in [0, 0.05) is 36.7 Å². The van der Waals surface area contributed by atoms with Crippen molar-refractivity contribution in [1.29, 1.82) is 0 Å². The maximum atomic E-state index is 14.0. The van der Waals surface area contributed by atoms with Gasteiger partial charge in [0.05, 0.1) is 13.2 Å². The average molecular weight is 397 g/mol. The molecule has 1 fully saturated rings. The van der Waals surface area contributed by atoms with Crippen LogP contribution >= 0.6 is 11.6 Å². The van der Waals surface area contributed by atoms with Crippen LogP contribution in [0, 0.1) is 5.82 Å². The second-order valence-corrected chi connectivity index (χ2v) is 7.26. The standard InChI is InChI=1S/C19H26ClFN4O2/c1-3-24-18(22-25(19(24)26)11-12-27-2)14-7-9-23(10-8-14)13-15-16(20)5-4-6-17(15)21/h4-6,14H,3,7-13H2,1-2H3. The van der Waals surface area contributed by atoms with Crippen LogP contribution in [0.3, 0.4) is 0 Å². The SMILES string of the molecule is CCn1c(C2CCN(Cc3c(F)cccc3Cl)CC2)nn(CCOC)c1=O. The third kappa shape index (κ3) is 4.42. The van der Waals surface area contributed by atoms with Gasteiger partial charge in [-0.15, -0.1) is 0 Å². The fourth-order valence-electron chi connectivity index (χ4n) is 3.64. The topological polar surface area (TPSA) is 52.3 Å². The summed E-state index contributed by atoms with van der Waals surface area (Å²) in [4.78, 5) is 14.7. The van der Waals surface area contributed by atoms with E-state index in [9.17, 15) is 9.18 Å². The predicted molar refractivity (Wildman–Crippen MR) is 103 cm³/mol. The van der Waals surface area contributed by atoms with E-state index >= 15 is 0 Å². The van der Waals surface area contributed by atoms with Crippen molar-refractivity contribution in [2.24, 2.45) is 0 Å². The Bertz CT molecular complexity index is 807. The van der Waals surface area contributed by atoms with Crippen molar-refractivity contribution in [3.05, 3.63) is 50.9 Å². The molecule has 0 aliphatic carbocycles. The van der Waals surface area contributed by atoms with Crippen molar-refractivity contribution in [1.82, 2.24) is 19.2 Å². The molecule has 2 aromatic rings. The smallest absolute Gasteiger partial charge is 0.345 e. The monoisotopic (exact) mass is 396 g/mol. The first-order chi connectivity index (χ1) is 13.0. The summed E-state index contributed by atoms with van der Waals surface area (Å²) < 4.78 is 22.3. The highest BCUT2D eigenvalue weighted by molar-refractivity contribution is 6.31. The fourth-order valence-corrected chi connectivity index (χ4v) is 3.86. The van der Waals surface area contributed by atoms with Crippen molar-refractivity contribution in [2.75, 3.05) is 26.8 Å². The van der Waals surface area contributed by atoms with E-state index in [0.29, 0.717) is 36.8 Å². The van der Waals surface area contributed by atoms with Crippen molar-refractivity contribution in [3.63, 3.8) is 0 Å². The van der Waals surface area contributed by atoms with E-state index in [-0.39, 0.29) is 17.4 Å². The molecule has 6 nitrogen and oxygen atoms in total. The van der Waals surface area contributed by atoms with Gasteiger partial charge in [-0.2, -0.15) is 5.10 Å². The number of nitrogens with zero attached hydrogens (tertiary/aromatic N) is 4. The quantitative estimate of drug-likeness (QED) is 0.722. The van der Waals surface area contributed by atoms with Gasteiger partial charge in [-0.3, -0.25) is 9.47 Å². The summed E-state index contributed by atoms with van der Waals surface area (Å²) in [7, 11) is 1.61. The van der Waals surface area contributed by atoms with Crippen LogP contribution < -0.4 is 5.69 Å². The van der Waals surface area contributed by atoms with E-state index in [1.54, 1.807) is 23.8 Å². The summed E-state index contributed by atoms with van der Waals surface area (Å²) in [6.45, 7) is 5.62. The highest BCUT2D eigenvalue weighted by atomic mass is 35.5. The zero-order valence-corrected chi connectivity index (χ0v) is 16.6. The normalized spacial score (nSPS) is 16.1. The molecule has 3 rings (SSSR count). The molecule has 0 spiro atoms. The summed E-state index contributed by atoms with van der Waals surface area (Å²) in [6, 6.07) is 4.79. The van der Waals surface area contributed by atoms with Gasteiger partial charge < -0.3 is 4.74 Å². The minimum Gasteiger partial charge on any atom is -0.383 e. The number of halogens is 2. The number of ether oxygens (including phenoxy) is 1. The van der Waals surface area contributed by atoms with Crippen LogP contribution in [0.15, 0.2) is 23.0 Å². The number of piperidine rings is 1. The molecule has 0 atom stereocenters. The second-order valence-electron chi connectivity index (χ2n) is 6.85. The lowest BCUT2D eigenvalue weighted by Crippen LogP contribution is -2.34. The molecule has 8 heteroatoms. The van der Waals surface area contributed by atoms with E-state index in [1.165, 1.54) is 10.7 Å². The minimum atomic E-state index is -0.263. The molecule has 1 aromatic heterocycles. The molecule has 148 valence electrons. The van der Waals surface area contributed by atoms with Crippen molar-refractivity contribution >= 4 is 11.6 Å². The van der Waals surface area contributed by atoms with Gasteiger partial charge in [-0.1, -0.05) is 17.7 Å². The van der Waals surface area contributed by atoms with Crippen LogP contribution in [0.4, 0.5) is 4.39 Å². The van der Waals surface area contributed by atoms with E-state index in [1.807, 2.05) is 6.92 Å². The number of hydrogen-bond acceptors (Lipinski definition) is 4. The number of benzene rings is 1. The molecule has 27 heavy (non-hydrogen) atoms. The maximum absolute atomic E-state index is 14.0. The first kappa shape index (κ1) is 20.0. The van der Waals surface area contributed by atoms with Crippen molar-refractivity contribution in [3.8, 4) is 0 Å². The first-order valence-corrected chi connectivity index (χ1v) is 9.74. The Labute approximate surface area is 163 Å². The van der Waals surface area contributed by atoms with Gasteiger partial charge in [0.1, 0.15) is 11.6 Å². The van der Waals surface area contributed by atoms with Gasteiger partial charge >= 0.3 is 5.69 Å². The molecule has 0 N–H and O–H groups in total. The van der Waals surface area contributed by atoms with Gasteiger partial charge in [-0.25, -0.2) is 13.9 Å². The van der Waals surface area contributed by atoms with Gasteiger partial charge in [0.25, 0.3) is 0 Å². The summed E-state index contributed by atoms with van der Waals surface area (Å²) in [5.74, 6) is 0.817. The largest absolute Gasteiger partial charge is 0.383 e. The Morgan fingerprint density at radius 3 is 2.70 bits per heavy atom. The van der Waals surface area contributed by atoms with Gasteiger partial charge in [0.2, 0.25) is 0 Å². The highest BCUT2D eigenvalue weighted by Gasteiger charge is 2.27. The summed E-state index contributed by atoms with van der Waals surface area (Å²) in [5.41, 5.74) is 0.469. The predicted octanol–water partition coefficient (Wildman–Crippen LogP) is 2.88. The molecule has 1 aliphatic rings. The Morgan fingerprint density at radius 1 is 1.33 bits per heavy atom. The zero-order chi connectivity index (χ0) is 19.4. The van der Waals surface area contributed by atoms with Crippen LogP contribution in [0.5, 0.6) is 0 Å². The van der Waals surface area contributed by atoms with E-state index in [0.717, 1.165) is 31.8 Å². The van der Waals surface area contributed by atoms with E-state index in [2.05, 4.69) is 10.00 Å². The molecule has 0 saturated carbocycles. The molecule has 1 aromatic carbocycles. The Balaban J connectivity index is 1.68. The number of methoxy groups -OCH3 is 1. The lowest BCUT2D eigenvalue weighted by Gasteiger charge is -2.31. The van der Waals surface area contributed by atoms with E-state index < -0.39 is 0 Å². The third-order valence-electron chi connectivity index (χ3n) is 5.17. The average Bonchev–Trinajstić information content (AvgIpc) is 2.99. The second kappa shape index (κ2) is 8.99. The van der Waals surface area contributed by atoms with Crippen molar-refractivity contribution < 1.29 is 9.13 Å². The molecule has 2 heterocycles. The van der Waals surface area contributed by atoms with Crippen molar-refractivity contribution in [2.45, 2.75) is 45.3 Å². The summed E-state index contributed by atoms with van der Waals surface area (Å²) in [6.07, 6.45) is 1.76. The number of aromatic nitrogens is 3. The fraction of sp³-hybridized carbons (Fsp3) is 0.579. The zero-order valence-electron chi connectivity index (χ0n) is 15.8. The van der Waals surface area contributed by atoms with Gasteiger partial charge in [-0.05, 0) is 45.0 Å². The molecule has 0 bridgehead atoms.